The molecule has 1 fully saturated rings. The summed E-state index contributed by atoms with van der Waals surface area (Å²) >= 11 is 0. The van der Waals surface area contributed by atoms with Gasteiger partial charge in [0.1, 0.15) is 6.04 Å². The summed E-state index contributed by atoms with van der Waals surface area (Å²) in [6.45, 7) is 2.86. The van der Waals surface area contributed by atoms with Crippen LogP contribution in [-0.4, -0.2) is 60.9 Å². The topological polar surface area (TPSA) is 104 Å². The molecule has 1 atom stereocenters. The van der Waals surface area contributed by atoms with E-state index in [1.807, 2.05) is 0 Å². The van der Waals surface area contributed by atoms with Crippen molar-refractivity contribution in [1.29, 1.82) is 0 Å². The van der Waals surface area contributed by atoms with Crippen LogP contribution in [0.3, 0.4) is 0 Å². The number of carboxylic acids is 1. The summed E-state index contributed by atoms with van der Waals surface area (Å²) in [5.74, 6) is -0.904. The maximum absolute atomic E-state index is 11.0. The van der Waals surface area contributed by atoms with Gasteiger partial charge >= 0.3 is 5.97 Å². The zero-order chi connectivity index (χ0) is 11.6. The maximum atomic E-state index is 11.0. The van der Waals surface area contributed by atoms with Crippen LogP contribution < -0.4 is 5.14 Å². The second-order valence-electron chi connectivity index (χ2n) is 3.49. The van der Waals surface area contributed by atoms with Crippen molar-refractivity contribution in [3.05, 3.63) is 0 Å². The summed E-state index contributed by atoms with van der Waals surface area (Å²) in [4.78, 5) is 12.4. The van der Waals surface area contributed by atoms with E-state index in [1.54, 1.807) is 11.8 Å². The molecule has 0 amide bonds. The predicted molar refractivity (Wildman–Crippen MR) is 53.4 cm³/mol. The molecular formula is C7H15N3O4S. The normalized spacial score (nSPS) is 22.5. The van der Waals surface area contributed by atoms with Gasteiger partial charge < -0.3 is 5.11 Å². The molecule has 1 aliphatic heterocycles. The minimum absolute atomic E-state index is 0.246. The van der Waals surface area contributed by atoms with E-state index in [0.29, 0.717) is 13.1 Å². The van der Waals surface area contributed by atoms with Crippen LogP contribution in [0.4, 0.5) is 0 Å². The van der Waals surface area contributed by atoms with Gasteiger partial charge in [0.15, 0.2) is 0 Å². The molecule has 15 heavy (non-hydrogen) atoms. The zero-order valence-electron chi connectivity index (χ0n) is 8.46. The molecule has 7 nitrogen and oxygen atoms in total. The quantitative estimate of drug-likeness (QED) is 0.607. The average molecular weight is 237 g/mol. The Balaban J connectivity index is 2.53. The minimum atomic E-state index is -3.64. The zero-order valence-corrected chi connectivity index (χ0v) is 9.27. The van der Waals surface area contributed by atoms with E-state index < -0.39 is 22.2 Å². The molecule has 0 radical (unpaired) electrons. The summed E-state index contributed by atoms with van der Waals surface area (Å²) in [5, 5.41) is 13.7. The molecule has 1 rings (SSSR count). The average Bonchev–Trinajstić information content (AvgIpc) is 2.15. The van der Waals surface area contributed by atoms with E-state index in [9.17, 15) is 13.2 Å². The Morgan fingerprint density at radius 3 is 2.13 bits per heavy atom. The highest BCUT2D eigenvalue weighted by Gasteiger charge is 2.28. The van der Waals surface area contributed by atoms with Gasteiger partial charge in [-0.15, -0.1) is 0 Å². The number of nitrogens with zero attached hydrogens (tertiary/aromatic N) is 2. The highest BCUT2D eigenvalue weighted by Crippen LogP contribution is 2.07. The van der Waals surface area contributed by atoms with E-state index in [1.165, 1.54) is 0 Å². The third kappa shape index (κ3) is 3.13. The number of piperazine rings is 1. The Labute approximate surface area is 88.6 Å². The van der Waals surface area contributed by atoms with Crippen LogP contribution >= 0.6 is 0 Å². The van der Waals surface area contributed by atoms with Crippen LogP contribution in [0.1, 0.15) is 6.92 Å². The maximum Gasteiger partial charge on any atom is 0.320 e. The van der Waals surface area contributed by atoms with Crippen molar-refractivity contribution in [1.82, 2.24) is 9.21 Å². The van der Waals surface area contributed by atoms with Crippen molar-refractivity contribution in [2.24, 2.45) is 5.14 Å². The smallest absolute Gasteiger partial charge is 0.320 e. The molecule has 8 heteroatoms. The van der Waals surface area contributed by atoms with Crippen LogP contribution in [0.5, 0.6) is 0 Å². The fourth-order valence-electron chi connectivity index (χ4n) is 1.50. The van der Waals surface area contributed by atoms with Gasteiger partial charge in [0.05, 0.1) is 0 Å². The van der Waals surface area contributed by atoms with E-state index in [4.69, 9.17) is 10.2 Å². The standard InChI is InChI=1S/C7H15N3O4S/c1-6(7(11)12)9-2-4-10(5-3-9)15(8,13)14/h6H,2-5H2,1H3,(H,11,12)(H2,8,13,14). The molecule has 0 aliphatic carbocycles. The second kappa shape index (κ2) is 4.44. The number of hydrogen-bond donors (Lipinski definition) is 2. The highest BCUT2D eigenvalue weighted by molar-refractivity contribution is 7.86. The van der Waals surface area contributed by atoms with Crippen molar-refractivity contribution < 1.29 is 18.3 Å². The second-order valence-corrected chi connectivity index (χ2v) is 5.04. The lowest BCUT2D eigenvalue weighted by molar-refractivity contribution is -0.143. The first-order valence-electron chi connectivity index (χ1n) is 4.57. The van der Waals surface area contributed by atoms with Crippen LogP contribution in [0, 0.1) is 0 Å². The lowest BCUT2D eigenvalue weighted by Crippen LogP contribution is -2.54. The van der Waals surface area contributed by atoms with Crippen molar-refractivity contribution in [3.8, 4) is 0 Å². The molecule has 0 bridgehead atoms. The van der Waals surface area contributed by atoms with Crippen LogP contribution in [0.25, 0.3) is 0 Å². The molecule has 1 aliphatic rings. The van der Waals surface area contributed by atoms with Crippen molar-refractivity contribution in [2.75, 3.05) is 26.2 Å². The van der Waals surface area contributed by atoms with Gasteiger partial charge in [-0.2, -0.15) is 12.7 Å². The molecule has 3 N–H and O–H groups in total. The molecule has 0 saturated carbocycles. The van der Waals surface area contributed by atoms with Crippen LogP contribution in [0.2, 0.25) is 0 Å². The lowest BCUT2D eigenvalue weighted by Gasteiger charge is -2.34. The Hall–Kier alpha value is -0.700. The van der Waals surface area contributed by atoms with Crippen molar-refractivity contribution in [2.45, 2.75) is 13.0 Å². The van der Waals surface area contributed by atoms with E-state index >= 15 is 0 Å². The molecule has 0 aromatic rings. The van der Waals surface area contributed by atoms with Crippen molar-refractivity contribution in [3.63, 3.8) is 0 Å². The summed E-state index contributed by atoms with van der Waals surface area (Å²) in [6, 6.07) is -0.590. The van der Waals surface area contributed by atoms with Crippen molar-refractivity contribution >= 4 is 16.2 Å². The molecule has 0 spiro atoms. The molecule has 1 heterocycles. The van der Waals surface area contributed by atoms with E-state index in [2.05, 4.69) is 0 Å². The Bertz CT molecular complexity index is 334. The number of carbonyl (C=O) groups is 1. The summed E-state index contributed by atoms with van der Waals surface area (Å²) < 4.78 is 23.1. The fraction of sp³-hybridized carbons (Fsp3) is 0.857. The minimum Gasteiger partial charge on any atom is -0.480 e. The number of carboxylic acid groups (broad SMARTS) is 1. The molecule has 88 valence electrons. The molecule has 1 saturated heterocycles. The van der Waals surface area contributed by atoms with Gasteiger partial charge in [0.2, 0.25) is 0 Å². The molecule has 1 unspecified atom stereocenters. The third-order valence-electron chi connectivity index (χ3n) is 2.54. The first-order chi connectivity index (χ1) is 6.82. The van der Waals surface area contributed by atoms with Gasteiger partial charge in [-0.25, -0.2) is 5.14 Å². The van der Waals surface area contributed by atoms with E-state index in [-0.39, 0.29) is 13.1 Å². The Morgan fingerprint density at radius 2 is 1.80 bits per heavy atom. The molecule has 0 aromatic heterocycles. The SMILES string of the molecule is CC(C(=O)O)N1CCN(S(N)(=O)=O)CC1. The number of aliphatic carboxylic acids is 1. The van der Waals surface area contributed by atoms with Gasteiger partial charge in [-0.05, 0) is 6.92 Å². The van der Waals surface area contributed by atoms with Crippen LogP contribution in [-0.2, 0) is 15.0 Å². The third-order valence-corrected chi connectivity index (χ3v) is 3.62. The monoisotopic (exact) mass is 237 g/mol. The lowest BCUT2D eigenvalue weighted by atomic mass is 10.2. The number of nitrogens with two attached hydrogens (primary N) is 1. The Kier molecular flexibility index (Phi) is 3.66. The first-order valence-corrected chi connectivity index (χ1v) is 6.07. The van der Waals surface area contributed by atoms with Gasteiger partial charge in [0.25, 0.3) is 10.2 Å². The highest BCUT2D eigenvalue weighted by atomic mass is 32.2. The molecule has 0 aromatic carbocycles. The fourth-order valence-corrected chi connectivity index (χ4v) is 2.17. The number of rotatable bonds is 3. The van der Waals surface area contributed by atoms with Gasteiger partial charge in [0, 0.05) is 26.2 Å². The van der Waals surface area contributed by atoms with Gasteiger partial charge in [-0.1, -0.05) is 0 Å². The van der Waals surface area contributed by atoms with E-state index in [0.717, 1.165) is 4.31 Å². The summed E-state index contributed by atoms with van der Waals surface area (Å²) in [5.41, 5.74) is 0. The molecular weight excluding hydrogens is 222 g/mol. The number of hydrogen-bond acceptors (Lipinski definition) is 4. The first kappa shape index (κ1) is 12.4. The predicted octanol–water partition coefficient (Wildman–Crippen LogP) is -1.72. The Morgan fingerprint density at radius 1 is 1.33 bits per heavy atom. The summed E-state index contributed by atoms with van der Waals surface area (Å²) in [6.07, 6.45) is 0. The van der Waals surface area contributed by atoms with Crippen LogP contribution in [0.15, 0.2) is 0 Å². The summed E-state index contributed by atoms with van der Waals surface area (Å²) in [7, 11) is -3.64. The largest absolute Gasteiger partial charge is 0.480 e. The van der Waals surface area contributed by atoms with Gasteiger partial charge in [-0.3, -0.25) is 9.69 Å².